The second-order valence-corrected chi connectivity index (χ2v) is 2.55. The molecular weight excluding hydrogens is 140 g/mol. The van der Waals surface area contributed by atoms with Crippen molar-refractivity contribution < 1.29 is 13.5 Å². The molecule has 0 unspecified atom stereocenters. The maximum Gasteiger partial charge on any atom is 0.262 e. The van der Waals surface area contributed by atoms with Crippen molar-refractivity contribution in [1.82, 2.24) is 5.32 Å². The van der Waals surface area contributed by atoms with Crippen molar-refractivity contribution in [3.05, 3.63) is 0 Å². The van der Waals surface area contributed by atoms with Crippen LogP contribution in [-0.2, 0) is 4.74 Å². The van der Waals surface area contributed by atoms with Crippen LogP contribution in [0.25, 0.3) is 0 Å². The van der Waals surface area contributed by atoms with Crippen LogP contribution in [0, 0.1) is 0 Å². The van der Waals surface area contributed by atoms with Gasteiger partial charge in [-0.05, 0) is 0 Å². The van der Waals surface area contributed by atoms with Crippen molar-refractivity contribution in [2.75, 3.05) is 20.2 Å². The molecule has 1 fully saturated rings. The Bertz CT molecular complexity index is 118. The van der Waals surface area contributed by atoms with E-state index in [2.05, 4.69) is 5.32 Å². The van der Waals surface area contributed by atoms with Crippen molar-refractivity contribution >= 4 is 0 Å². The van der Waals surface area contributed by atoms with E-state index in [1.165, 1.54) is 7.11 Å². The highest BCUT2D eigenvalue weighted by Crippen LogP contribution is 2.23. The van der Waals surface area contributed by atoms with E-state index in [4.69, 9.17) is 4.74 Å². The molecule has 0 aromatic carbocycles. The lowest BCUT2D eigenvalue weighted by molar-refractivity contribution is -0.0741. The Hall–Kier alpha value is -0.220. The maximum atomic E-state index is 12.5. The Morgan fingerprint density at radius 2 is 2.30 bits per heavy atom. The monoisotopic (exact) mass is 151 g/mol. The van der Waals surface area contributed by atoms with Crippen LogP contribution in [0.5, 0.6) is 0 Å². The number of rotatable bonds is 1. The summed E-state index contributed by atoms with van der Waals surface area (Å²) in [5.41, 5.74) is 0. The lowest BCUT2D eigenvalue weighted by Crippen LogP contribution is -2.47. The predicted molar refractivity (Wildman–Crippen MR) is 33.2 cm³/mol. The summed E-state index contributed by atoms with van der Waals surface area (Å²) in [7, 11) is 1.45. The molecular formula is C6H11F2NO. The topological polar surface area (TPSA) is 21.3 Å². The van der Waals surface area contributed by atoms with Gasteiger partial charge in [-0.3, -0.25) is 0 Å². The third-order valence-electron chi connectivity index (χ3n) is 1.62. The third kappa shape index (κ3) is 1.88. The van der Waals surface area contributed by atoms with Crippen molar-refractivity contribution in [3.63, 3.8) is 0 Å². The summed E-state index contributed by atoms with van der Waals surface area (Å²) >= 11 is 0. The highest BCUT2D eigenvalue weighted by Gasteiger charge is 2.36. The molecule has 0 spiro atoms. The number of piperidine rings is 1. The Labute approximate surface area is 58.6 Å². The number of hydrogen-bond acceptors (Lipinski definition) is 2. The molecule has 0 amide bonds. The van der Waals surface area contributed by atoms with Crippen LogP contribution in [0.2, 0.25) is 0 Å². The fourth-order valence-electron chi connectivity index (χ4n) is 1.06. The standard InChI is InChI=1S/C6H11F2NO/c1-10-5-2-6(7,8)4-9-3-5/h5,9H,2-4H2,1H3/t5-/m0/s1. The molecule has 2 nitrogen and oxygen atoms in total. The molecule has 1 aliphatic heterocycles. The van der Waals surface area contributed by atoms with Gasteiger partial charge in [0.15, 0.2) is 0 Å². The number of ether oxygens (including phenoxy) is 1. The van der Waals surface area contributed by atoms with Gasteiger partial charge in [0.05, 0.1) is 12.6 Å². The second-order valence-electron chi connectivity index (χ2n) is 2.55. The zero-order valence-electron chi connectivity index (χ0n) is 5.86. The third-order valence-corrected chi connectivity index (χ3v) is 1.62. The number of hydrogen-bond donors (Lipinski definition) is 1. The van der Waals surface area contributed by atoms with Crippen LogP contribution in [0.1, 0.15) is 6.42 Å². The highest BCUT2D eigenvalue weighted by atomic mass is 19.3. The van der Waals surface area contributed by atoms with Gasteiger partial charge in [-0.15, -0.1) is 0 Å². The van der Waals surface area contributed by atoms with E-state index >= 15 is 0 Å². The number of methoxy groups -OCH3 is 1. The first-order chi connectivity index (χ1) is 4.64. The summed E-state index contributed by atoms with van der Waals surface area (Å²) < 4.78 is 29.8. The van der Waals surface area contributed by atoms with Gasteiger partial charge >= 0.3 is 0 Å². The van der Waals surface area contributed by atoms with Gasteiger partial charge in [-0.25, -0.2) is 8.78 Å². The predicted octanol–water partition coefficient (Wildman–Crippen LogP) is 0.630. The average Bonchev–Trinajstić information content (AvgIpc) is 1.86. The summed E-state index contributed by atoms with van der Waals surface area (Å²) in [6.45, 7) is 0.318. The first kappa shape index (κ1) is 7.88. The van der Waals surface area contributed by atoms with Crippen LogP contribution in [0.4, 0.5) is 8.78 Å². The molecule has 1 saturated heterocycles. The first-order valence-corrected chi connectivity index (χ1v) is 3.25. The molecule has 0 aliphatic carbocycles. The normalized spacial score (nSPS) is 32.1. The van der Waals surface area contributed by atoms with Gasteiger partial charge < -0.3 is 10.1 Å². The number of alkyl halides is 2. The Balaban J connectivity index is 2.40. The molecule has 0 aromatic heterocycles. The van der Waals surface area contributed by atoms with E-state index in [1.54, 1.807) is 0 Å². The van der Waals surface area contributed by atoms with Gasteiger partial charge in [-0.1, -0.05) is 0 Å². The van der Waals surface area contributed by atoms with Gasteiger partial charge in [0, 0.05) is 20.1 Å². The molecule has 1 N–H and O–H groups in total. The Kier molecular flexibility index (Phi) is 2.21. The van der Waals surface area contributed by atoms with Crippen molar-refractivity contribution in [1.29, 1.82) is 0 Å². The molecule has 0 saturated carbocycles. The van der Waals surface area contributed by atoms with Crippen LogP contribution in [0.3, 0.4) is 0 Å². The largest absolute Gasteiger partial charge is 0.380 e. The Morgan fingerprint density at radius 3 is 2.70 bits per heavy atom. The zero-order chi connectivity index (χ0) is 7.61. The smallest absolute Gasteiger partial charge is 0.262 e. The maximum absolute atomic E-state index is 12.5. The summed E-state index contributed by atoms with van der Waals surface area (Å²) in [4.78, 5) is 0. The van der Waals surface area contributed by atoms with Crippen molar-refractivity contribution in [2.45, 2.75) is 18.4 Å². The molecule has 1 rings (SSSR count). The lowest BCUT2D eigenvalue weighted by Gasteiger charge is -2.28. The fourth-order valence-corrected chi connectivity index (χ4v) is 1.06. The van der Waals surface area contributed by atoms with E-state index in [0.717, 1.165) is 0 Å². The minimum absolute atomic E-state index is 0.156. The van der Waals surface area contributed by atoms with Crippen LogP contribution in [0.15, 0.2) is 0 Å². The van der Waals surface area contributed by atoms with Crippen LogP contribution in [-0.4, -0.2) is 32.2 Å². The molecule has 0 bridgehead atoms. The summed E-state index contributed by atoms with van der Waals surface area (Å²) in [6, 6.07) is 0. The van der Waals surface area contributed by atoms with Crippen LogP contribution >= 0.6 is 0 Å². The highest BCUT2D eigenvalue weighted by molar-refractivity contribution is 4.81. The zero-order valence-corrected chi connectivity index (χ0v) is 5.86. The van der Waals surface area contributed by atoms with E-state index < -0.39 is 5.92 Å². The minimum atomic E-state index is -2.58. The number of nitrogens with one attached hydrogen (secondary N) is 1. The molecule has 0 radical (unpaired) electrons. The van der Waals surface area contributed by atoms with Crippen molar-refractivity contribution in [2.24, 2.45) is 0 Å². The molecule has 4 heteroatoms. The van der Waals surface area contributed by atoms with E-state index in [0.29, 0.717) is 6.54 Å². The average molecular weight is 151 g/mol. The molecule has 1 heterocycles. The van der Waals surface area contributed by atoms with Crippen LogP contribution < -0.4 is 5.32 Å². The molecule has 60 valence electrons. The summed E-state index contributed by atoms with van der Waals surface area (Å²) in [5.74, 6) is -2.58. The van der Waals surface area contributed by atoms with Crippen molar-refractivity contribution in [3.8, 4) is 0 Å². The summed E-state index contributed by atoms with van der Waals surface area (Å²) in [5, 5.41) is 2.60. The SMILES string of the molecule is CO[C@@H]1CNCC(F)(F)C1. The van der Waals surface area contributed by atoms with E-state index in [9.17, 15) is 8.78 Å². The fraction of sp³-hybridized carbons (Fsp3) is 1.00. The lowest BCUT2D eigenvalue weighted by atomic mass is 10.1. The van der Waals surface area contributed by atoms with E-state index in [1.807, 2.05) is 0 Å². The van der Waals surface area contributed by atoms with Gasteiger partial charge in [0.25, 0.3) is 5.92 Å². The quantitative estimate of drug-likeness (QED) is 0.593. The number of halogens is 2. The minimum Gasteiger partial charge on any atom is -0.380 e. The molecule has 1 aliphatic rings. The van der Waals surface area contributed by atoms with E-state index in [-0.39, 0.29) is 19.1 Å². The van der Waals surface area contributed by atoms with Gasteiger partial charge in [-0.2, -0.15) is 0 Å². The summed E-state index contributed by atoms with van der Waals surface area (Å²) in [6.07, 6.45) is -0.486. The van der Waals surface area contributed by atoms with Gasteiger partial charge in [0.2, 0.25) is 0 Å². The molecule has 0 aromatic rings. The molecule has 1 atom stereocenters. The second kappa shape index (κ2) is 2.80. The van der Waals surface area contributed by atoms with Gasteiger partial charge in [0.1, 0.15) is 0 Å². The molecule has 10 heavy (non-hydrogen) atoms. The first-order valence-electron chi connectivity index (χ1n) is 3.25. The Morgan fingerprint density at radius 1 is 1.60 bits per heavy atom.